The zero-order chi connectivity index (χ0) is 18.7. The number of carbonyl (C=O) groups is 2. The van der Waals surface area contributed by atoms with E-state index >= 15 is 0 Å². The fourth-order valence-corrected chi connectivity index (χ4v) is 1.88. The topological polar surface area (TPSA) is 88.7 Å². The highest BCUT2D eigenvalue weighted by atomic mass is 32.1. The molecule has 1 aromatic carbocycles. The van der Waals surface area contributed by atoms with Gasteiger partial charge in [0.1, 0.15) is 5.75 Å². The minimum Gasteiger partial charge on any atom is -0.492 e. The van der Waals surface area contributed by atoms with Gasteiger partial charge in [0.05, 0.1) is 25.2 Å². The predicted octanol–water partition coefficient (Wildman–Crippen LogP) is 1.78. The minimum atomic E-state index is -0.416. The van der Waals surface area contributed by atoms with Gasteiger partial charge in [0.25, 0.3) is 5.91 Å². The van der Waals surface area contributed by atoms with Gasteiger partial charge in [-0.2, -0.15) is 0 Å². The highest BCUT2D eigenvalue weighted by Gasteiger charge is 2.14. The Kier molecular flexibility index (Phi) is 9.49. The van der Waals surface area contributed by atoms with Crippen molar-refractivity contribution in [3.63, 3.8) is 0 Å². The third kappa shape index (κ3) is 8.46. The smallest absolute Gasteiger partial charge is 0.261 e. The Balaban J connectivity index is 2.50. The van der Waals surface area contributed by atoms with E-state index < -0.39 is 5.91 Å². The summed E-state index contributed by atoms with van der Waals surface area (Å²) in [4.78, 5) is 23.9. The Bertz CT molecular complexity index is 593. The Morgan fingerprint density at radius 2 is 1.92 bits per heavy atom. The summed E-state index contributed by atoms with van der Waals surface area (Å²) in [6.45, 7) is 7.27. The Labute approximate surface area is 153 Å². The van der Waals surface area contributed by atoms with Crippen molar-refractivity contribution in [1.29, 1.82) is 0 Å². The molecule has 1 aromatic rings. The number of thiocarbonyl (C=S) groups is 1. The van der Waals surface area contributed by atoms with Crippen LogP contribution >= 0.6 is 12.2 Å². The maximum absolute atomic E-state index is 12.3. The second kappa shape index (κ2) is 11.4. The summed E-state index contributed by atoms with van der Waals surface area (Å²) in [6, 6.07) is 6.91. The van der Waals surface area contributed by atoms with Gasteiger partial charge in [-0.25, -0.2) is 0 Å². The number of carbonyl (C=O) groups excluding carboxylic acids is 2. The van der Waals surface area contributed by atoms with E-state index in [1.807, 2.05) is 20.8 Å². The lowest BCUT2D eigenvalue weighted by Crippen LogP contribution is -2.48. The molecule has 138 valence electrons. The molecule has 0 unspecified atom stereocenters. The molecule has 1 rings (SSSR count). The van der Waals surface area contributed by atoms with Crippen LogP contribution in [0.5, 0.6) is 5.75 Å². The van der Waals surface area contributed by atoms with Crippen LogP contribution in [-0.2, 0) is 9.53 Å². The average molecular weight is 367 g/mol. The number of amides is 2. The lowest BCUT2D eigenvalue weighted by Gasteiger charge is -2.14. The third-order valence-electron chi connectivity index (χ3n) is 2.92. The maximum Gasteiger partial charge on any atom is 0.261 e. The van der Waals surface area contributed by atoms with Crippen LogP contribution in [-0.4, -0.2) is 36.7 Å². The Hall–Kier alpha value is -2.19. The van der Waals surface area contributed by atoms with E-state index in [4.69, 9.17) is 21.7 Å². The van der Waals surface area contributed by atoms with Gasteiger partial charge in [-0.1, -0.05) is 26.0 Å². The van der Waals surface area contributed by atoms with Crippen molar-refractivity contribution < 1.29 is 19.1 Å². The average Bonchev–Trinajstić information content (AvgIpc) is 2.58. The highest BCUT2D eigenvalue weighted by Crippen LogP contribution is 2.18. The molecule has 0 spiro atoms. The molecule has 0 aromatic heterocycles. The largest absolute Gasteiger partial charge is 0.492 e. The first-order valence-electron chi connectivity index (χ1n) is 8.13. The van der Waals surface area contributed by atoms with Gasteiger partial charge < -0.3 is 9.47 Å². The molecule has 0 aliphatic heterocycles. The van der Waals surface area contributed by atoms with E-state index in [-0.39, 0.29) is 17.4 Å². The summed E-state index contributed by atoms with van der Waals surface area (Å²) in [5.41, 5.74) is 5.25. The number of para-hydroxylation sites is 1. The van der Waals surface area contributed by atoms with E-state index in [9.17, 15) is 9.59 Å². The molecule has 0 saturated heterocycles. The standard InChI is InChI=1S/C17H25N3O4S/c1-4-23-10-9-15(21)19-20-17(25)18-16(22)13-7-5-6-8-14(13)24-11-12(2)3/h5-8,12H,4,9-11H2,1-3H3,(H,19,21)(H2,18,20,22,25). The number of benzene rings is 1. The molecule has 3 N–H and O–H groups in total. The summed E-state index contributed by atoms with van der Waals surface area (Å²) >= 11 is 5.00. The zero-order valence-corrected chi connectivity index (χ0v) is 15.6. The Morgan fingerprint density at radius 1 is 1.20 bits per heavy atom. The van der Waals surface area contributed by atoms with E-state index in [1.54, 1.807) is 24.3 Å². The third-order valence-corrected chi connectivity index (χ3v) is 3.13. The van der Waals surface area contributed by atoms with E-state index in [0.717, 1.165) is 0 Å². The normalized spacial score (nSPS) is 10.2. The van der Waals surface area contributed by atoms with Gasteiger partial charge >= 0.3 is 0 Å². The highest BCUT2D eigenvalue weighted by molar-refractivity contribution is 7.80. The van der Waals surface area contributed by atoms with Crippen LogP contribution in [0.25, 0.3) is 0 Å². The van der Waals surface area contributed by atoms with Crippen LogP contribution in [0, 0.1) is 5.92 Å². The minimum absolute atomic E-state index is 0.00609. The van der Waals surface area contributed by atoms with Crippen molar-refractivity contribution in [2.75, 3.05) is 19.8 Å². The van der Waals surface area contributed by atoms with Crippen LogP contribution in [0.1, 0.15) is 37.6 Å². The van der Waals surface area contributed by atoms with Crippen LogP contribution < -0.4 is 20.9 Å². The monoisotopic (exact) mass is 367 g/mol. The molecule has 0 aliphatic rings. The first-order chi connectivity index (χ1) is 11.9. The van der Waals surface area contributed by atoms with Crippen LogP contribution in [0.3, 0.4) is 0 Å². The number of rotatable bonds is 8. The van der Waals surface area contributed by atoms with Gasteiger partial charge in [-0.05, 0) is 37.2 Å². The van der Waals surface area contributed by atoms with Crippen molar-refractivity contribution >= 4 is 29.1 Å². The second-order valence-electron chi connectivity index (χ2n) is 5.60. The first kappa shape index (κ1) is 20.9. The molecular formula is C17H25N3O4S. The summed E-state index contributed by atoms with van der Waals surface area (Å²) in [5.74, 6) is 0.120. The lowest BCUT2D eigenvalue weighted by molar-refractivity contribution is -0.122. The van der Waals surface area contributed by atoms with E-state index in [0.29, 0.717) is 37.1 Å². The van der Waals surface area contributed by atoms with Crippen LogP contribution in [0.2, 0.25) is 0 Å². The van der Waals surface area contributed by atoms with E-state index in [1.165, 1.54) is 0 Å². The molecule has 2 amide bonds. The number of ether oxygens (including phenoxy) is 2. The number of hydrogen-bond donors (Lipinski definition) is 3. The van der Waals surface area contributed by atoms with Crippen molar-refractivity contribution in [2.24, 2.45) is 5.92 Å². The number of hydrazine groups is 1. The SMILES string of the molecule is CCOCCC(=O)NNC(=S)NC(=O)c1ccccc1OCC(C)C. The lowest BCUT2D eigenvalue weighted by atomic mass is 10.2. The van der Waals surface area contributed by atoms with Crippen LogP contribution in [0.4, 0.5) is 0 Å². The zero-order valence-electron chi connectivity index (χ0n) is 14.8. The maximum atomic E-state index is 12.3. The predicted molar refractivity (Wildman–Crippen MR) is 99.2 cm³/mol. The van der Waals surface area contributed by atoms with Gasteiger partial charge in [0, 0.05) is 6.61 Å². The molecular weight excluding hydrogens is 342 g/mol. The van der Waals surface area contributed by atoms with Gasteiger partial charge in [0.15, 0.2) is 5.11 Å². The molecule has 8 heteroatoms. The van der Waals surface area contributed by atoms with Crippen molar-refractivity contribution in [3.05, 3.63) is 29.8 Å². The van der Waals surface area contributed by atoms with Crippen LogP contribution in [0.15, 0.2) is 24.3 Å². The molecule has 7 nitrogen and oxygen atoms in total. The van der Waals surface area contributed by atoms with Crippen molar-refractivity contribution in [2.45, 2.75) is 27.2 Å². The molecule has 0 aliphatic carbocycles. The molecule has 0 radical (unpaired) electrons. The number of nitrogens with one attached hydrogen (secondary N) is 3. The van der Waals surface area contributed by atoms with Gasteiger partial charge in [-0.15, -0.1) is 0 Å². The number of hydrogen-bond acceptors (Lipinski definition) is 5. The second-order valence-corrected chi connectivity index (χ2v) is 6.01. The molecule has 0 bridgehead atoms. The Morgan fingerprint density at radius 3 is 2.60 bits per heavy atom. The van der Waals surface area contributed by atoms with Gasteiger partial charge in [-0.3, -0.25) is 25.8 Å². The fraction of sp³-hybridized carbons (Fsp3) is 0.471. The molecule has 0 fully saturated rings. The van der Waals surface area contributed by atoms with Gasteiger partial charge in [0.2, 0.25) is 5.91 Å². The molecule has 25 heavy (non-hydrogen) atoms. The van der Waals surface area contributed by atoms with Crippen molar-refractivity contribution in [1.82, 2.24) is 16.2 Å². The summed E-state index contributed by atoms with van der Waals surface area (Å²) < 4.78 is 10.7. The molecule has 0 saturated carbocycles. The summed E-state index contributed by atoms with van der Waals surface area (Å²) in [6.07, 6.45) is 0.198. The fourth-order valence-electron chi connectivity index (χ4n) is 1.74. The summed E-state index contributed by atoms with van der Waals surface area (Å²) in [5, 5.41) is 2.50. The van der Waals surface area contributed by atoms with Crippen molar-refractivity contribution in [3.8, 4) is 5.75 Å². The van der Waals surface area contributed by atoms with E-state index in [2.05, 4.69) is 16.2 Å². The quantitative estimate of drug-likeness (QED) is 0.369. The first-order valence-corrected chi connectivity index (χ1v) is 8.54. The molecule has 0 heterocycles. The molecule has 0 atom stereocenters. The summed E-state index contributed by atoms with van der Waals surface area (Å²) in [7, 11) is 0.